The number of nitrogens with zero attached hydrogens (tertiary/aromatic N) is 3. The maximum absolute atomic E-state index is 5.61. The molecule has 2 heterocycles. The zero-order chi connectivity index (χ0) is 65.2. The second-order valence-corrected chi connectivity index (χ2v) is 28.4. The largest absolute Gasteiger partial charge is 0.247 e. The molecule has 0 fully saturated rings. The van der Waals surface area contributed by atoms with Gasteiger partial charge in [0.2, 0.25) is 0 Å². The van der Waals surface area contributed by atoms with Gasteiger partial charge in [-0.2, -0.15) is 0 Å². The molecule has 0 N–H and O–H groups in total. The van der Waals surface area contributed by atoms with E-state index in [1.165, 1.54) is 116 Å². The van der Waals surface area contributed by atoms with Gasteiger partial charge >= 0.3 is 0 Å². The molecule has 3 nitrogen and oxygen atoms in total. The normalized spacial score (nSPS) is 15.8. The van der Waals surface area contributed by atoms with Crippen LogP contribution in [-0.2, 0) is 21.7 Å². The molecule has 4 aliphatic carbocycles. The second-order valence-electron chi connectivity index (χ2n) is 28.4. The van der Waals surface area contributed by atoms with Crippen LogP contribution < -0.4 is 0 Å². The zero-order valence-electron chi connectivity index (χ0n) is 54.9. The highest BCUT2D eigenvalue weighted by Gasteiger charge is 2.56. The molecule has 20 rings (SSSR count). The van der Waals surface area contributed by atoms with E-state index in [-0.39, 0.29) is 10.8 Å². The molecule has 4 aliphatic rings. The number of benzene rings is 14. The maximum Gasteiger partial charge on any atom is 0.160 e. The summed E-state index contributed by atoms with van der Waals surface area (Å²) in [4.78, 5) is 16.4. The average Bonchev–Trinajstić information content (AvgIpc) is 1.43. The highest BCUT2D eigenvalue weighted by atomic mass is 14.9. The number of hydrogen-bond donors (Lipinski definition) is 0. The Morgan fingerprint density at radius 2 is 0.684 bits per heavy atom. The molecule has 0 radical (unpaired) electrons. The standard InChI is InChI=1S/C95H65N3/c1-92(2)80-38-17-19-40-82(80)95(83-41-21-32-67(87(83)92)59-43-46-60(47-44-59)85-54-51-62-48-45-58-23-8-9-28-69(58)89(62)96-85)77-36-15-12-31-72(77)74-56-63(50-53-78(74)95)64-49-52-73-86(57-64)97-91(98-90(73)61-24-6-5-7-25-61)66-27-20-26-65(55-66)68-33-22-42-84-88(68)93(3,4)79-37-16-18-39-81(79)94(84)75-34-13-10-29-70(75)71-30-11-14-35-76(71)94/h5-57H,1-4H3. The summed E-state index contributed by atoms with van der Waals surface area (Å²) in [5.74, 6) is 0.688. The highest BCUT2D eigenvalue weighted by molar-refractivity contribution is 6.06. The Balaban J connectivity index is 0.715. The van der Waals surface area contributed by atoms with Gasteiger partial charge in [0, 0.05) is 43.7 Å². The maximum atomic E-state index is 5.61. The highest BCUT2D eigenvalue weighted by Crippen LogP contribution is 2.65. The Hall–Kier alpha value is -11.9. The predicted octanol–water partition coefficient (Wildman–Crippen LogP) is 23.3. The fourth-order valence-electron chi connectivity index (χ4n) is 18.6. The summed E-state index contributed by atoms with van der Waals surface area (Å²) in [6.07, 6.45) is 0. The van der Waals surface area contributed by atoms with Gasteiger partial charge in [-0.15, -0.1) is 0 Å². The third-order valence-electron chi connectivity index (χ3n) is 22.8. The van der Waals surface area contributed by atoms with Crippen molar-refractivity contribution in [1.82, 2.24) is 15.0 Å². The lowest BCUT2D eigenvalue weighted by Crippen LogP contribution is -2.41. The molecular formula is C95H65N3. The van der Waals surface area contributed by atoms with Crippen LogP contribution in [0.5, 0.6) is 0 Å². The summed E-state index contributed by atoms with van der Waals surface area (Å²) in [5, 5.41) is 4.52. The molecule has 14 aromatic carbocycles. The molecule has 1 atom stereocenters. The fourth-order valence-corrected chi connectivity index (χ4v) is 18.6. The van der Waals surface area contributed by atoms with E-state index in [0.29, 0.717) is 5.82 Å². The molecule has 0 aliphatic heterocycles. The molecule has 460 valence electrons. The van der Waals surface area contributed by atoms with Crippen molar-refractivity contribution in [1.29, 1.82) is 0 Å². The van der Waals surface area contributed by atoms with Crippen LogP contribution >= 0.6 is 0 Å². The second kappa shape index (κ2) is 20.8. The van der Waals surface area contributed by atoms with Gasteiger partial charge in [0.25, 0.3) is 0 Å². The zero-order valence-corrected chi connectivity index (χ0v) is 54.9. The summed E-state index contributed by atoms with van der Waals surface area (Å²) in [6.45, 7) is 9.69. The van der Waals surface area contributed by atoms with Crippen LogP contribution in [0.3, 0.4) is 0 Å². The number of aromatic nitrogens is 3. The monoisotopic (exact) mass is 1250 g/mol. The molecule has 0 bridgehead atoms. The smallest absolute Gasteiger partial charge is 0.160 e. The molecule has 98 heavy (non-hydrogen) atoms. The van der Waals surface area contributed by atoms with Crippen LogP contribution in [-0.4, -0.2) is 15.0 Å². The van der Waals surface area contributed by atoms with Gasteiger partial charge in [0.05, 0.1) is 33.3 Å². The van der Waals surface area contributed by atoms with E-state index < -0.39 is 10.8 Å². The number of fused-ring (bicyclic) bond motifs is 22. The van der Waals surface area contributed by atoms with E-state index in [0.717, 1.165) is 66.6 Å². The van der Waals surface area contributed by atoms with Crippen LogP contribution in [0.1, 0.15) is 94.5 Å². The van der Waals surface area contributed by atoms with Gasteiger partial charge in [-0.25, -0.2) is 15.0 Å². The van der Waals surface area contributed by atoms with Gasteiger partial charge in [0.1, 0.15) is 0 Å². The Labute approximate surface area is 571 Å². The molecule has 2 aromatic heterocycles. The van der Waals surface area contributed by atoms with Crippen molar-refractivity contribution in [3.63, 3.8) is 0 Å². The molecule has 3 heteroatoms. The van der Waals surface area contributed by atoms with Gasteiger partial charge < -0.3 is 0 Å². The molecule has 16 aromatic rings. The van der Waals surface area contributed by atoms with Crippen LogP contribution in [0.15, 0.2) is 322 Å². The SMILES string of the molecule is CC1(C)c2ccccc2C2(c3ccccc3-c3ccccc32)c2cccc(-c3cccc(-c4nc(-c5ccccc5)c5ccc(-c6ccc7c(c6)-c6ccccc6C76c7ccccc7C(C)(C)c7c(-c8ccc(-c9ccc%10ccc%11ccccc%11c%10n9)cc8)cccc76)cc5n4)c3)c21. The lowest BCUT2D eigenvalue weighted by atomic mass is 9.54. The molecule has 0 saturated heterocycles. The Morgan fingerprint density at radius 1 is 0.235 bits per heavy atom. The van der Waals surface area contributed by atoms with E-state index in [1.54, 1.807) is 0 Å². The third-order valence-corrected chi connectivity index (χ3v) is 22.8. The number of pyridine rings is 1. The summed E-state index contributed by atoms with van der Waals surface area (Å²) in [7, 11) is 0. The lowest BCUT2D eigenvalue weighted by Gasteiger charge is -2.47. The molecular weight excluding hydrogens is 1180 g/mol. The molecule has 2 spiro atoms. The third kappa shape index (κ3) is 7.73. The average molecular weight is 1250 g/mol. The fraction of sp³-hybridized carbons (Fsp3) is 0.0842. The van der Waals surface area contributed by atoms with Crippen molar-refractivity contribution in [2.45, 2.75) is 49.4 Å². The Bertz CT molecular complexity index is 6020. The minimum absolute atomic E-state index is 0.331. The topological polar surface area (TPSA) is 38.7 Å². The Kier molecular flexibility index (Phi) is 12.0. The minimum atomic E-state index is -0.585. The lowest BCUT2D eigenvalue weighted by molar-refractivity contribution is 0.565. The number of hydrogen-bond acceptors (Lipinski definition) is 3. The van der Waals surface area contributed by atoms with Crippen LogP contribution in [0.25, 0.3) is 122 Å². The van der Waals surface area contributed by atoms with E-state index >= 15 is 0 Å². The van der Waals surface area contributed by atoms with Gasteiger partial charge in [-0.3, -0.25) is 0 Å². The first-order chi connectivity index (χ1) is 48.1. The first-order valence-corrected chi connectivity index (χ1v) is 34.4. The van der Waals surface area contributed by atoms with Crippen molar-refractivity contribution >= 4 is 32.6 Å². The Morgan fingerprint density at radius 3 is 1.34 bits per heavy atom. The van der Waals surface area contributed by atoms with Gasteiger partial charge in [-0.1, -0.05) is 319 Å². The summed E-state index contributed by atoms with van der Waals surface area (Å²) in [5.41, 5.74) is 33.3. The summed E-state index contributed by atoms with van der Waals surface area (Å²) in [6, 6.07) is 120. The van der Waals surface area contributed by atoms with E-state index in [9.17, 15) is 0 Å². The van der Waals surface area contributed by atoms with Crippen LogP contribution in [0.2, 0.25) is 0 Å². The van der Waals surface area contributed by atoms with Gasteiger partial charge in [0.15, 0.2) is 5.82 Å². The molecule has 0 saturated carbocycles. The van der Waals surface area contributed by atoms with E-state index in [4.69, 9.17) is 15.0 Å². The molecule has 1 unspecified atom stereocenters. The van der Waals surface area contributed by atoms with Crippen molar-refractivity contribution < 1.29 is 0 Å². The predicted molar refractivity (Wildman–Crippen MR) is 404 cm³/mol. The first kappa shape index (κ1) is 56.4. The van der Waals surface area contributed by atoms with Crippen molar-refractivity contribution in [3.05, 3.63) is 388 Å². The van der Waals surface area contributed by atoms with Gasteiger partial charge in [-0.05, 0) is 158 Å². The van der Waals surface area contributed by atoms with Crippen molar-refractivity contribution in [2.75, 3.05) is 0 Å². The number of rotatable bonds is 6. The minimum Gasteiger partial charge on any atom is -0.247 e. The van der Waals surface area contributed by atoms with Crippen LogP contribution in [0, 0.1) is 0 Å². The summed E-state index contributed by atoms with van der Waals surface area (Å²) < 4.78 is 0. The quantitative estimate of drug-likeness (QED) is 0.156. The summed E-state index contributed by atoms with van der Waals surface area (Å²) >= 11 is 0. The van der Waals surface area contributed by atoms with Crippen LogP contribution in [0.4, 0.5) is 0 Å². The van der Waals surface area contributed by atoms with E-state index in [2.05, 4.69) is 349 Å². The molecule has 0 amide bonds. The first-order valence-electron chi connectivity index (χ1n) is 34.4. The van der Waals surface area contributed by atoms with Crippen molar-refractivity contribution in [3.8, 4) is 89.5 Å². The van der Waals surface area contributed by atoms with E-state index in [1.807, 2.05) is 0 Å². The van der Waals surface area contributed by atoms with Crippen molar-refractivity contribution in [2.24, 2.45) is 0 Å².